The van der Waals surface area contributed by atoms with Gasteiger partial charge in [-0.05, 0) is 176 Å². The SMILES string of the molecule is Cc1ccc2c(c1)n1c3ccccc3nc1n2-c1nccc2c1oc1ccccc12.Cn1c2ccccc2c2c1ccc1c3ccccc3n(-c3ccccc3)c12.Cn1c2ccccc2c2c3c4ccccc4n(-c4ccccc4)c3ccc21.Cn1c2ccccc2c2cc3c4ccccc4n(-c4ccccc4)c3cc21.Cn1c2ccccc2c2ccc3c4ccccc4n(-c4ccccc4)c3c21. The number of para-hydroxylation sites is 15. The fourth-order valence-electron chi connectivity index (χ4n) is 22.7. The predicted octanol–water partition coefficient (Wildman–Crippen LogP) is 31.7. The lowest BCUT2D eigenvalue weighted by atomic mass is 10.1. The second-order valence-corrected chi connectivity index (χ2v) is 36.2. The van der Waals surface area contributed by atoms with Crippen molar-refractivity contribution in [2.75, 3.05) is 0 Å². The first kappa shape index (κ1) is 79.5. The minimum absolute atomic E-state index is 0.753. The molecule has 0 saturated carbocycles. The molecular formula is C125H88N12O. The third kappa shape index (κ3) is 12.0. The maximum atomic E-state index is 6.28. The van der Waals surface area contributed by atoms with Crippen LogP contribution >= 0.6 is 0 Å². The quantitative estimate of drug-likeness (QED) is 0.172. The van der Waals surface area contributed by atoms with E-state index >= 15 is 0 Å². The highest BCUT2D eigenvalue weighted by Crippen LogP contribution is 2.47. The van der Waals surface area contributed by atoms with Crippen molar-refractivity contribution < 1.29 is 4.42 Å². The summed E-state index contributed by atoms with van der Waals surface area (Å²) >= 11 is 0. The zero-order valence-electron chi connectivity index (χ0n) is 76.4. The first-order valence-electron chi connectivity index (χ1n) is 47.1. The topological polar surface area (TPSA) is 87.7 Å². The molecule has 0 saturated heterocycles. The minimum atomic E-state index is 0.753. The number of furan rings is 1. The Bertz CT molecular complexity index is 10400. The first-order valence-corrected chi connectivity index (χ1v) is 47.1. The molecule has 0 fully saturated rings. The molecule has 31 rings (SSSR count). The van der Waals surface area contributed by atoms with Gasteiger partial charge in [0.25, 0.3) is 0 Å². The van der Waals surface area contributed by atoms with Crippen molar-refractivity contribution in [1.29, 1.82) is 0 Å². The van der Waals surface area contributed by atoms with E-state index in [9.17, 15) is 0 Å². The van der Waals surface area contributed by atoms with Gasteiger partial charge in [0.2, 0.25) is 5.78 Å². The van der Waals surface area contributed by atoms with Gasteiger partial charge in [0, 0.05) is 182 Å². The number of imidazole rings is 2. The Morgan fingerprint density at radius 2 is 0.580 bits per heavy atom. The highest BCUT2D eigenvalue weighted by atomic mass is 16.3. The van der Waals surface area contributed by atoms with E-state index in [1.807, 2.05) is 48.7 Å². The highest BCUT2D eigenvalue weighted by Gasteiger charge is 2.27. The fourth-order valence-corrected chi connectivity index (χ4v) is 22.7. The summed E-state index contributed by atoms with van der Waals surface area (Å²) in [7, 11) is 8.65. The van der Waals surface area contributed by atoms with Gasteiger partial charge in [-0.2, -0.15) is 0 Å². The van der Waals surface area contributed by atoms with Gasteiger partial charge < -0.3 is 41.0 Å². The van der Waals surface area contributed by atoms with Crippen LogP contribution in [0.4, 0.5) is 0 Å². The number of hydrogen-bond acceptors (Lipinski definition) is 3. The van der Waals surface area contributed by atoms with Crippen LogP contribution < -0.4 is 0 Å². The number of pyridine rings is 1. The lowest BCUT2D eigenvalue weighted by molar-refractivity contribution is 0.663. The summed E-state index contributed by atoms with van der Waals surface area (Å²) in [6.07, 6.45) is 1.85. The largest absolute Gasteiger partial charge is 0.452 e. The normalized spacial score (nSPS) is 11.9. The third-order valence-electron chi connectivity index (χ3n) is 28.7. The fraction of sp³-hybridized carbons (Fsp3) is 0.0400. The molecule has 12 heterocycles. The molecule has 0 amide bonds. The molecule has 0 unspecified atom stereocenters. The van der Waals surface area contributed by atoms with Crippen molar-refractivity contribution in [1.82, 2.24) is 55.5 Å². The number of aryl methyl sites for hydroxylation is 5. The average molecular weight is 1770 g/mol. The molecule has 0 aliphatic carbocycles. The number of rotatable bonds is 5. The minimum Gasteiger partial charge on any atom is -0.452 e. The van der Waals surface area contributed by atoms with Crippen LogP contribution in [-0.2, 0) is 28.2 Å². The predicted molar refractivity (Wildman–Crippen MR) is 578 cm³/mol. The number of benzene rings is 19. The van der Waals surface area contributed by atoms with E-state index in [0.29, 0.717) is 0 Å². The van der Waals surface area contributed by atoms with Crippen molar-refractivity contribution in [3.8, 4) is 28.6 Å². The van der Waals surface area contributed by atoms with Crippen LogP contribution in [-0.4, -0.2) is 55.5 Å². The van der Waals surface area contributed by atoms with Crippen molar-refractivity contribution in [2.24, 2.45) is 28.2 Å². The van der Waals surface area contributed by atoms with E-state index in [-0.39, 0.29) is 0 Å². The molecule has 0 bridgehead atoms. The Morgan fingerprint density at radius 1 is 0.210 bits per heavy atom. The summed E-state index contributed by atoms with van der Waals surface area (Å²) in [5, 5.41) is 23.1. The van der Waals surface area contributed by atoms with E-state index in [1.54, 1.807) is 0 Å². The van der Waals surface area contributed by atoms with Crippen LogP contribution in [0.3, 0.4) is 0 Å². The first-order chi connectivity index (χ1) is 68.1. The third-order valence-corrected chi connectivity index (χ3v) is 28.7. The Morgan fingerprint density at radius 3 is 1.17 bits per heavy atom. The number of aromatic nitrogens is 12. The molecule has 0 N–H and O–H groups in total. The summed E-state index contributed by atoms with van der Waals surface area (Å²) in [6, 6.07) is 155. The molecule has 0 spiro atoms. The number of nitrogens with zero attached hydrogens (tertiary/aromatic N) is 12. The van der Waals surface area contributed by atoms with Crippen molar-refractivity contribution in [3.63, 3.8) is 0 Å². The molecule has 0 aliphatic heterocycles. The number of fused-ring (bicyclic) bond motifs is 35. The van der Waals surface area contributed by atoms with Gasteiger partial charge in [-0.3, -0.25) is 8.97 Å². The molecule has 19 aromatic carbocycles. The van der Waals surface area contributed by atoms with Crippen LogP contribution in [0, 0.1) is 6.92 Å². The molecule has 654 valence electrons. The van der Waals surface area contributed by atoms with E-state index in [0.717, 1.165) is 55.6 Å². The van der Waals surface area contributed by atoms with Gasteiger partial charge in [0.05, 0.1) is 82.8 Å². The summed E-state index contributed by atoms with van der Waals surface area (Å²) in [5.74, 6) is 1.58. The molecule has 12 aromatic heterocycles. The van der Waals surface area contributed by atoms with Crippen LogP contribution in [0.2, 0.25) is 0 Å². The smallest absolute Gasteiger partial charge is 0.222 e. The summed E-state index contributed by atoms with van der Waals surface area (Å²) in [6.45, 7) is 2.11. The molecule has 0 aliphatic rings. The molecule has 0 atom stereocenters. The van der Waals surface area contributed by atoms with Gasteiger partial charge in [-0.25, -0.2) is 9.97 Å². The van der Waals surface area contributed by atoms with Crippen molar-refractivity contribution in [3.05, 3.63) is 449 Å². The zero-order chi connectivity index (χ0) is 91.6. The maximum absolute atomic E-state index is 6.28. The molecular weight excluding hydrogens is 1690 g/mol. The maximum Gasteiger partial charge on any atom is 0.222 e. The standard InChI is InChI=1S/C25H16N4O.4C25H18N2/c1-15-10-11-20-21(14-15)28-19-8-4-3-7-18(19)27-25(28)29(20)24-23-17(12-13-26-24)16-6-2-5-9-22(16)30-23;1-26-21-13-7-6-12-20(21)24-23(26)16-15-19-18-11-5-8-14-22(18)27(25(19)24)17-9-3-2-4-10-17;1-26-22-13-7-5-11-18(22)20-15-21-19-12-6-8-14-23(19)27(25(21)16-24(20)26)17-9-3-2-4-10-17;1-26-22-13-7-5-11-18(22)20-15-16-21-19-12-6-8-14-23(19)27(25(21)24(20)26)17-9-3-2-4-10-17;1-26-20-13-7-5-11-18(20)24-22(26)15-16-23-25(24)19-12-6-8-14-21(19)27(23)17-9-3-2-4-10-17/h2-14H,1H3;4*2-16H,1H3. The monoisotopic (exact) mass is 1770 g/mol. The molecule has 13 heteroatoms. The van der Waals surface area contributed by atoms with Crippen molar-refractivity contribution >= 4 is 224 Å². The Hall–Kier alpha value is -18.2. The van der Waals surface area contributed by atoms with Gasteiger partial charge in [-0.1, -0.05) is 273 Å². The zero-order valence-corrected chi connectivity index (χ0v) is 76.4. The van der Waals surface area contributed by atoms with E-state index in [4.69, 9.17) is 14.4 Å². The Kier molecular flexibility index (Phi) is 18.2. The van der Waals surface area contributed by atoms with Crippen LogP contribution in [0.15, 0.2) is 447 Å². The Labute approximate surface area is 791 Å². The molecule has 0 radical (unpaired) electrons. The lowest BCUT2D eigenvalue weighted by Crippen LogP contribution is -1.98. The lowest BCUT2D eigenvalue weighted by Gasteiger charge is -2.09. The van der Waals surface area contributed by atoms with Gasteiger partial charge in [0.15, 0.2) is 11.4 Å². The van der Waals surface area contributed by atoms with E-state index in [1.165, 1.54) is 203 Å². The van der Waals surface area contributed by atoms with Crippen LogP contribution in [0.1, 0.15) is 5.56 Å². The summed E-state index contributed by atoms with van der Waals surface area (Å²) < 4.78 is 29.4. The van der Waals surface area contributed by atoms with Crippen molar-refractivity contribution in [2.45, 2.75) is 6.92 Å². The highest BCUT2D eigenvalue weighted by molar-refractivity contribution is 6.30. The summed E-state index contributed by atoms with van der Waals surface area (Å²) in [5.41, 5.74) is 32.1. The molecule has 31 aromatic rings. The molecule has 13 nitrogen and oxygen atoms in total. The van der Waals surface area contributed by atoms with Gasteiger partial charge >= 0.3 is 0 Å². The van der Waals surface area contributed by atoms with Crippen LogP contribution in [0.25, 0.3) is 253 Å². The average Bonchev–Trinajstić information content (AvgIpc) is 1.58. The molecule has 138 heavy (non-hydrogen) atoms. The van der Waals surface area contributed by atoms with Gasteiger partial charge in [-0.15, -0.1) is 0 Å². The number of hydrogen-bond donors (Lipinski definition) is 0. The second kappa shape index (κ2) is 31.5. The van der Waals surface area contributed by atoms with E-state index < -0.39 is 0 Å². The Balaban J connectivity index is 0.0000000871. The second-order valence-electron chi connectivity index (χ2n) is 36.2. The van der Waals surface area contributed by atoms with Gasteiger partial charge in [0.1, 0.15) is 5.58 Å². The van der Waals surface area contributed by atoms with Crippen LogP contribution in [0.5, 0.6) is 0 Å². The van der Waals surface area contributed by atoms with E-state index in [2.05, 4.69) is 475 Å². The summed E-state index contributed by atoms with van der Waals surface area (Å²) in [4.78, 5) is 9.72.